The van der Waals surface area contributed by atoms with Gasteiger partial charge in [-0.05, 0) is 18.2 Å². The Kier molecular flexibility index (Phi) is 2.51. The number of nitrogen functional groups attached to an aromatic ring is 1. The maximum Gasteiger partial charge on any atom is 0.165 e. The SMILES string of the molecule is Nc1ccncc1-c1ccc(F)c(Cl)n1. The quantitative estimate of drug-likeness (QED) is 0.756. The first-order valence-corrected chi connectivity index (χ1v) is 4.58. The van der Waals surface area contributed by atoms with Crippen LogP contribution < -0.4 is 5.73 Å². The molecule has 0 saturated heterocycles. The summed E-state index contributed by atoms with van der Waals surface area (Å²) in [6.07, 6.45) is 3.13. The van der Waals surface area contributed by atoms with Crippen LogP contribution in [0.1, 0.15) is 0 Å². The Labute approximate surface area is 90.7 Å². The van der Waals surface area contributed by atoms with Crippen LogP contribution in [0.4, 0.5) is 10.1 Å². The van der Waals surface area contributed by atoms with Crippen molar-refractivity contribution in [1.29, 1.82) is 0 Å². The molecule has 0 atom stereocenters. The van der Waals surface area contributed by atoms with E-state index in [2.05, 4.69) is 9.97 Å². The van der Waals surface area contributed by atoms with E-state index in [0.717, 1.165) is 0 Å². The molecule has 0 aliphatic heterocycles. The third-order valence-corrected chi connectivity index (χ3v) is 2.20. The van der Waals surface area contributed by atoms with Gasteiger partial charge in [-0.3, -0.25) is 4.98 Å². The van der Waals surface area contributed by atoms with Gasteiger partial charge in [0.1, 0.15) is 0 Å². The molecular weight excluding hydrogens is 217 g/mol. The fourth-order valence-corrected chi connectivity index (χ4v) is 1.34. The molecule has 2 heterocycles. The zero-order valence-electron chi connectivity index (χ0n) is 7.61. The van der Waals surface area contributed by atoms with Gasteiger partial charge >= 0.3 is 0 Å². The van der Waals surface area contributed by atoms with Gasteiger partial charge in [0.2, 0.25) is 0 Å². The molecule has 0 spiro atoms. The number of hydrogen-bond donors (Lipinski definition) is 1. The first-order chi connectivity index (χ1) is 7.18. The van der Waals surface area contributed by atoms with Crippen LogP contribution in [0.3, 0.4) is 0 Å². The van der Waals surface area contributed by atoms with Gasteiger partial charge in [0.15, 0.2) is 11.0 Å². The molecule has 2 aromatic rings. The van der Waals surface area contributed by atoms with Gasteiger partial charge < -0.3 is 5.73 Å². The van der Waals surface area contributed by atoms with Crippen LogP contribution in [-0.2, 0) is 0 Å². The number of halogens is 2. The maximum atomic E-state index is 12.9. The molecule has 0 unspecified atom stereocenters. The lowest BCUT2D eigenvalue weighted by Gasteiger charge is -2.04. The highest BCUT2D eigenvalue weighted by Gasteiger charge is 2.07. The van der Waals surface area contributed by atoms with Crippen LogP contribution in [0.15, 0.2) is 30.6 Å². The standard InChI is InChI=1S/C10H7ClFN3/c11-10-7(12)1-2-9(15-10)6-5-14-4-3-8(6)13/h1-5H,(H2,13,14). The van der Waals surface area contributed by atoms with E-state index in [0.29, 0.717) is 16.9 Å². The Bertz CT molecular complexity index is 502. The van der Waals surface area contributed by atoms with E-state index in [1.807, 2.05) is 0 Å². The Morgan fingerprint density at radius 2 is 2.07 bits per heavy atom. The van der Waals surface area contributed by atoms with Crippen LogP contribution in [-0.4, -0.2) is 9.97 Å². The summed E-state index contributed by atoms with van der Waals surface area (Å²) in [5, 5.41) is -0.171. The number of aromatic nitrogens is 2. The van der Waals surface area contributed by atoms with Crippen molar-refractivity contribution in [3.05, 3.63) is 41.6 Å². The van der Waals surface area contributed by atoms with Gasteiger partial charge in [0, 0.05) is 23.6 Å². The largest absolute Gasteiger partial charge is 0.398 e. The molecule has 76 valence electrons. The summed E-state index contributed by atoms with van der Waals surface area (Å²) in [6.45, 7) is 0. The normalized spacial score (nSPS) is 10.3. The summed E-state index contributed by atoms with van der Waals surface area (Å²) in [5.41, 5.74) is 7.40. The van der Waals surface area contributed by atoms with Crippen molar-refractivity contribution >= 4 is 17.3 Å². The zero-order chi connectivity index (χ0) is 10.8. The molecule has 0 saturated carbocycles. The number of nitrogens with two attached hydrogens (primary N) is 1. The average molecular weight is 224 g/mol. The summed E-state index contributed by atoms with van der Waals surface area (Å²) in [4.78, 5) is 7.79. The molecule has 0 bridgehead atoms. The van der Waals surface area contributed by atoms with Crippen LogP contribution in [0.25, 0.3) is 11.3 Å². The smallest absolute Gasteiger partial charge is 0.165 e. The highest BCUT2D eigenvalue weighted by molar-refractivity contribution is 6.29. The van der Waals surface area contributed by atoms with Gasteiger partial charge in [0.05, 0.1) is 5.69 Å². The molecule has 0 aliphatic carbocycles. The fourth-order valence-electron chi connectivity index (χ4n) is 1.19. The second-order valence-corrected chi connectivity index (χ2v) is 3.29. The van der Waals surface area contributed by atoms with Gasteiger partial charge in [-0.1, -0.05) is 11.6 Å². The monoisotopic (exact) mass is 223 g/mol. The van der Waals surface area contributed by atoms with E-state index < -0.39 is 5.82 Å². The molecule has 15 heavy (non-hydrogen) atoms. The van der Waals surface area contributed by atoms with E-state index in [1.54, 1.807) is 18.5 Å². The Balaban J connectivity index is 2.55. The molecule has 2 aromatic heterocycles. The van der Waals surface area contributed by atoms with Gasteiger partial charge in [-0.2, -0.15) is 0 Å². The number of anilines is 1. The summed E-state index contributed by atoms with van der Waals surface area (Å²) >= 11 is 5.57. The minimum absolute atomic E-state index is 0.171. The summed E-state index contributed by atoms with van der Waals surface area (Å²) in [6, 6.07) is 4.40. The molecule has 5 heteroatoms. The minimum atomic E-state index is -0.553. The van der Waals surface area contributed by atoms with Crippen LogP contribution in [0, 0.1) is 5.82 Å². The van der Waals surface area contributed by atoms with Crippen molar-refractivity contribution in [1.82, 2.24) is 9.97 Å². The van der Waals surface area contributed by atoms with Crippen LogP contribution in [0.5, 0.6) is 0 Å². The zero-order valence-corrected chi connectivity index (χ0v) is 8.37. The van der Waals surface area contributed by atoms with Crippen molar-refractivity contribution in [2.24, 2.45) is 0 Å². The lowest BCUT2D eigenvalue weighted by Crippen LogP contribution is -1.93. The number of nitrogens with zero attached hydrogens (tertiary/aromatic N) is 2. The van der Waals surface area contributed by atoms with Crippen molar-refractivity contribution in [2.45, 2.75) is 0 Å². The van der Waals surface area contributed by atoms with E-state index >= 15 is 0 Å². The minimum Gasteiger partial charge on any atom is -0.398 e. The lowest BCUT2D eigenvalue weighted by molar-refractivity contribution is 0.622. The highest BCUT2D eigenvalue weighted by Crippen LogP contribution is 2.24. The first kappa shape index (κ1) is 9.86. The van der Waals surface area contributed by atoms with Crippen LogP contribution >= 0.6 is 11.6 Å². The van der Waals surface area contributed by atoms with Gasteiger partial charge in [0.25, 0.3) is 0 Å². The van der Waals surface area contributed by atoms with E-state index in [4.69, 9.17) is 17.3 Å². The first-order valence-electron chi connectivity index (χ1n) is 4.20. The molecule has 0 fully saturated rings. The van der Waals surface area contributed by atoms with Gasteiger partial charge in [-0.15, -0.1) is 0 Å². The molecule has 0 aromatic carbocycles. The van der Waals surface area contributed by atoms with Crippen molar-refractivity contribution in [3.8, 4) is 11.3 Å². The van der Waals surface area contributed by atoms with Crippen LogP contribution in [0.2, 0.25) is 5.15 Å². The van der Waals surface area contributed by atoms with E-state index in [9.17, 15) is 4.39 Å². The van der Waals surface area contributed by atoms with E-state index in [1.165, 1.54) is 12.1 Å². The second kappa shape index (κ2) is 3.82. The van der Waals surface area contributed by atoms with Crippen molar-refractivity contribution < 1.29 is 4.39 Å². The molecule has 2 rings (SSSR count). The molecule has 3 nitrogen and oxygen atoms in total. The number of rotatable bonds is 1. The predicted octanol–water partition coefficient (Wildman–Crippen LogP) is 2.52. The lowest BCUT2D eigenvalue weighted by atomic mass is 10.1. The third-order valence-electron chi connectivity index (χ3n) is 1.93. The highest BCUT2D eigenvalue weighted by atomic mass is 35.5. The summed E-state index contributed by atoms with van der Waals surface area (Å²) in [7, 11) is 0. The topological polar surface area (TPSA) is 51.8 Å². The maximum absolute atomic E-state index is 12.9. The molecule has 0 aliphatic rings. The fraction of sp³-hybridized carbons (Fsp3) is 0. The predicted molar refractivity (Wildman–Crippen MR) is 56.8 cm³/mol. The number of pyridine rings is 2. The summed E-state index contributed by atoms with van der Waals surface area (Å²) < 4.78 is 12.9. The Morgan fingerprint density at radius 3 is 2.73 bits per heavy atom. The molecule has 2 N–H and O–H groups in total. The van der Waals surface area contributed by atoms with Crippen molar-refractivity contribution in [3.63, 3.8) is 0 Å². The molecular formula is C10H7ClFN3. The van der Waals surface area contributed by atoms with Gasteiger partial charge in [-0.25, -0.2) is 9.37 Å². The molecule has 0 amide bonds. The van der Waals surface area contributed by atoms with E-state index in [-0.39, 0.29) is 5.15 Å². The third kappa shape index (κ3) is 1.89. The number of hydrogen-bond acceptors (Lipinski definition) is 3. The Hall–Kier alpha value is -1.68. The average Bonchev–Trinajstić information content (AvgIpc) is 2.23. The Morgan fingerprint density at radius 1 is 1.27 bits per heavy atom. The molecule has 0 radical (unpaired) electrons. The second-order valence-electron chi connectivity index (χ2n) is 2.93. The summed E-state index contributed by atoms with van der Waals surface area (Å²) in [5.74, 6) is -0.553. The van der Waals surface area contributed by atoms with Crippen molar-refractivity contribution in [2.75, 3.05) is 5.73 Å².